The van der Waals surface area contributed by atoms with Gasteiger partial charge in [-0.1, -0.05) is 39.0 Å². The highest BCUT2D eigenvalue weighted by Gasteiger charge is 2.44. The van der Waals surface area contributed by atoms with E-state index in [1.807, 2.05) is 0 Å². The molecule has 0 fully saturated rings. The van der Waals surface area contributed by atoms with E-state index < -0.39 is 0 Å². The number of fused-ring (bicyclic) bond motifs is 1. The van der Waals surface area contributed by atoms with Crippen LogP contribution in [0.1, 0.15) is 46.6 Å². The number of rotatable bonds is 3. The van der Waals surface area contributed by atoms with Crippen LogP contribution >= 0.6 is 0 Å². The summed E-state index contributed by atoms with van der Waals surface area (Å²) in [6.07, 6.45) is 1.27. The molecule has 2 unspecified atom stereocenters. The fraction of sp³-hybridized carbons (Fsp3) is 0.625. The molecule has 0 aliphatic carbocycles. The van der Waals surface area contributed by atoms with E-state index in [9.17, 15) is 0 Å². The molecule has 17 heavy (non-hydrogen) atoms. The maximum absolute atomic E-state index is 2.55. The maximum Gasteiger partial charge on any atom is 0.0407 e. The van der Waals surface area contributed by atoms with E-state index in [0.29, 0.717) is 11.5 Å². The molecule has 0 spiro atoms. The van der Waals surface area contributed by atoms with Crippen molar-refractivity contribution in [2.45, 2.75) is 52.5 Å². The van der Waals surface area contributed by atoms with Crippen LogP contribution in [0.4, 0.5) is 5.69 Å². The normalized spacial score (nSPS) is 27.6. The van der Waals surface area contributed by atoms with E-state index in [1.54, 1.807) is 5.56 Å². The minimum atomic E-state index is 0.306. The molecule has 0 bridgehead atoms. The number of hydrogen-bond acceptors (Lipinski definition) is 1. The average molecular weight is 231 g/mol. The Labute approximate surface area is 106 Å². The minimum absolute atomic E-state index is 0.306. The van der Waals surface area contributed by atoms with Crippen LogP contribution in [0.2, 0.25) is 0 Å². The molecule has 1 aliphatic rings. The fourth-order valence-electron chi connectivity index (χ4n) is 3.56. The smallest absolute Gasteiger partial charge is 0.0407 e. The van der Waals surface area contributed by atoms with Gasteiger partial charge in [0.05, 0.1) is 0 Å². The Balaban J connectivity index is 2.48. The molecule has 2 atom stereocenters. The first-order chi connectivity index (χ1) is 8.00. The second-order valence-corrected chi connectivity index (χ2v) is 5.99. The SMILES string of the molecule is CCN1c2ccccc2C(C)(CC(C)C)C1C. The molecule has 1 aromatic rings. The zero-order chi connectivity index (χ0) is 12.6. The molecule has 2 rings (SSSR count). The summed E-state index contributed by atoms with van der Waals surface area (Å²) in [6.45, 7) is 12.8. The summed E-state index contributed by atoms with van der Waals surface area (Å²) in [5.41, 5.74) is 3.30. The summed E-state index contributed by atoms with van der Waals surface area (Å²) >= 11 is 0. The maximum atomic E-state index is 2.55. The summed E-state index contributed by atoms with van der Waals surface area (Å²) in [4.78, 5) is 2.55. The van der Waals surface area contributed by atoms with Gasteiger partial charge in [0.25, 0.3) is 0 Å². The molecule has 1 nitrogen and oxygen atoms in total. The lowest BCUT2D eigenvalue weighted by Gasteiger charge is -2.35. The van der Waals surface area contributed by atoms with Gasteiger partial charge in [-0.3, -0.25) is 0 Å². The topological polar surface area (TPSA) is 3.24 Å². The van der Waals surface area contributed by atoms with Crippen molar-refractivity contribution in [2.24, 2.45) is 5.92 Å². The standard InChI is InChI=1S/C16H25N/c1-6-17-13(4)16(5,11-12(2)3)14-9-7-8-10-15(14)17/h7-10,12-13H,6,11H2,1-5H3. The highest BCUT2D eigenvalue weighted by atomic mass is 15.2. The largest absolute Gasteiger partial charge is 0.368 e. The highest BCUT2D eigenvalue weighted by Crippen LogP contribution is 2.48. The third-order valence-electron chi connectivity index (χ3n) is 4.39. The van der Waals surface area contributed by atoms with Crippen molar-refractivity contribution in [3.05, 3.63) is 29.8 Å². The van der Waals surface area contributed by atoms with Crippen LogP contribution in [0.25, 0.3) is 0 Å². The van der Waals surface area contributed by atoms with Crippen LogP contribution in [-0.2, 0) is 5.41 Å². The van der Waals surface area contributed by atoms with Gasteiger partial charge < -0.3 is 4.90 Å². The second kappa shape index (κ2) is 4.36. The van der Waals surface area contributed by atoms with Crippen molar-refractivity contribution in [3.8, 4) is 0 Å². The number of anilines is 1. The predicted molar refractivity (Wildman–Crippen MR) is 75.7 cm³/mol. The van der Waals surface area contributed by atoms with Gasteiger partial charge in [0, 0.05) is 23.7 Å². The van der Waals surface area contributed by atoms with Gasteiger partial charge in [-0.05, 0) is 37.8 Å². The van der Waals surface area contributed by atoms with Crippen molar-refractivity contribution < 1.29 is 0 Å². The Bertz CT molecular complexity index is 396. The summed E-state index contributed by atoms with van der Waals surface area (Å²) in [5, 5.41) is 0. The zero-order valence-corrected chi connectivity index (χ0v) is 11.8. The van der Waals surface area contributed by atoms with Crippen LogP contribution in [0.5, 0.6) is 0 Å². The lowest BCUT2D eigenvalue weighted by molar-refractivity contribution is 0.329. The second-order valence-electron chi connectivity index (χ2n) is 5.99. The molecule has 1 heteroatoms. The van der Waals surface area contributed by atoms with Crippen molar-refractivity contribution in [3.63, 3.8) is 0 Å². The number of nitrogens with zero attached hydrogens (tertiary/aromatic N) is 1. The van der Waals surface area contributed by atoms with Crippen molar-refractivity contribution in [1.82, 2.24) is 0 Å². The first-order valence-corrected chi connectivity index (χ1v) is 6.87. The Morgan fingerprint density at radius 1 is 1.29 bits per heavy atom. The van der Waals surface area contributed by atoms with Gasteiger partial charge in [-0.2, -0.15) is 0 Å². The van der Waals surface area contributed by atoms with E-state index >= 15 is 0 Å². The van der Waals surface area contributed by atoms with E-state index in [-0.39, 0.29) is 0 Å². The third-order valence-corrected chi connectivity index (χ3v) is 4.39. The monoisotopic (exact) mass is 231 g/mol. The molecule has 94 valence electrons. The van der Waals surface area contributed by atoms with Gasteiger partial charge in [0.1, 0.15) is 0 Å². The number of likely N-dealkylation sites (N-methyl/N-ethyl adjacent to an activating group) is 1. The van der Waals surface area contributed by atoms with Crippen LogP contribution < -0.4 is 4.90 Å². The quantitative estimate of drug-likeness (QED) is 0.753. The molecule has 1 heterocycles. The number of benzene rings is 1. The van der Waals surface area contributed by atoms with E-state index in [4.69, 9.17) is 0 Å². The molecule has 1 aliphatic heterocycles. The summed E-state index contributed by atoms with van der Waals surface area (Å²) in [6, 6.07) is 9.55. The fourth-order valence-corrected chi connectivity index (χ4v) is 3.56. The molecule has 0 N–H and O–H groups in total. The first kappa shape index (κ1) is 12.5. The van der Waals surface area contributed by atoms with Gasteiger partial charge in [0.15, 0.2) is 0 Å². The van der Waals surface area contributed by atoms with Gasteiger partial charge in [-0.15, -0.1) is 0 Å². The molecule has 0 amide bonds. The summed E-state index contributed by atoms with van der Waals surface area (Å²) < 4.78 is 0. The highest BCUT2D eigenvalue weighted by molar-refractivity contribution is 5.63. The predicted octanol–water partition coefficient (Wildman–Crippen LogP) is 4.22. The lowest BCUT2D eigenvalue weighted by Crippen LogP contribution is -2.41. The van der Waals surface area contributed by atoms with E-state index in [2.05, 4.69) is 63.8 Å². The van der Waals surface area contributed by atoms with E-state index in [0.717, 1.165) is 12.5 Å². The molecule has 0 aromatic heterocycles. The van der Waals surface area contributed by atoms with Crippen molar-refractivity contribution >= 4 is 5.69 Å². The first-order valence-electron chi connectivity index (χ1n) is 6.87. The molecular weight excluding hydrogens is 206 g/mol. The van der Waals surface area contributed by atoms with Gasteiger partial charge >= 0.3 is 0 Å². The molecule has 0 saturated heterocycles. The van der Waals surface area contributed by atoms with Crippen LogP contribution in [0.3, 0.4) is 0 Å². The molecule has 0 saturated carbocycles. The van der Waals surface area contributed by atoms with Crippen molar-refractivity contribution in [2.75, 3.05) is 11.4 Å². The van der Waals surface area contributed by atoms with Crippen LogP contribution in [-0.4, -0.2) is 12.6 Å². The minimum Gasteiger partial charge on any atom is -0.368 e. The number of hydrogen-bond donors (Lipinski definition) is 0. The Morgan fingerprint density at radius 2 is 1.94 bits per heavy atom. The molecular formula is C16H25N. The summed E-state index contributed by atoms with van der Waals surface area (Å²) in [7, 11) is 0. The molecule has 0 radical (unpaired) electrons. The van der Waals surface area contributed by atoms with Gasteiger partial charge in [0.2, 0.25) is 0 Å². The Kier molecular flexibility index (Phi) is 3.20. The third kappa shape index (κ3) is 1.86. The lowest BCUT2D eigenvalue weighted by atomic mass is 9.73. The van der Waals surface area contributed by atoms with Gasteiger partial charge in [-0.25, -0.2) is 0 Å². The Hall–Kier alpha value is -0.980. The van der Waals surface area contributed by atoms with Crippen LogP contribution in [0, 0.1) is 5.92 Å². The molecule has 1 aromatic carbocycles. The van der Waals surface area contributed by atoms with Crippen molar-refractivity contribution in [1.29, 1.82) is 0 Å². The number of para-hydroxylation sites is 1. The van der Waals surface area contributed by atoms with Crippen LogP contribution in [0.15, 0.2) is 24.3 Å². The zero-order valence-electron chi connectivity index (χ0n) is 11.8. The average Bonchev–Trinajstić information content (AvgIpc) is 2.48. The van der Waals surface area contributed by atoms with E-state index in [1.165, 1.54) is 12.1 Å². The Morgan fingerprint density at radius 3 is 2.53 bits per heavy atom. The summed E-state index contributed by atoms with van der Waals surface area (Å²) in [5.74, 6) is 0.743.